The molecule has 0 aliphatic heterocycles. The number of alkyl halides is 2. The monoisotopic (exact) mass is 202 g/mol. The van der Waals surface area contributed by atoms with E-state index < -0.39 is 12.0 Å². The number of nitrogen functional groups attached to an aromatic ring is 1. The van der Waals surface area contributed by atoms with Gasteiger partial charge in [0.25, 0.3) is 6.43 Å². The molecule has 1 rings (SSSR count). The maximum Gasteiger partial charge on any atom is 0.269 e. The first-order chi connectivity index (χ1) is 6.60. The number of anilines is 1. The second kappa shape index (κ2) is 3.99. The van der Waals surface area contributed by atoms with E-state index in [2.05, 4.69) is 9.72 Å². The van der Waals surface area contributed by atoms with Crippen LogP contribution in [0.3, 0.4) is 0 Å². The predicted octanol–water partition coefficient (Wildman–Crippen LogP) is 1.42. The van der Waals surface area contributed by atoms with E-state index in [0.29, 0.717) is 6.29 Å². The second-order valence-corrected chi connectivity index (χ2v) is 2.48. The van der Waals surface area contributed by atoms with Crippen molar-refractivity contribution in [2.24, 2.45) is 0 Å². The third-order valence-electron chi connectivity index (χ3n) is 1.61. The zero-order valence-corrected chi connectivity index (χ0v) is 7.33. The van der Waals surface area contributed by atoms with Gasteiger partial charge in [-0.25, -0.2) is 8.78 Å². The van der Waals surface area contributed by atoms with Gasteiger partial charge in [-0.2, -0.15) is 4.98 Å². The van der Waals surface area contributed by atoms with E-state index in [1.807, 2.05) is 0 Å². The minimum atomic E-state index is -2.82. The van der Waals surface area contributed by atoms with Crippen LogP contribution in [0.1, 0.15) is 22.3 Å². The number of aromatic nitrogens is 1. The fourth-order valence-corrected chi connectivity index (χ4v) is 1.04. The highest BCUT2D eigenvalue weighted by Gasteiger charge is 2.20. The van der Waals surface area contributed by atoms with Crippen molar-refractivity contribution in [1.29, 1.82) is 0 Å². The normalized spacial score (nSPS) is 10.3. The lowest BCUT2D eigenvalue weighted by molar-refractivity contribution is 0.110. The minimum absolute atomic E-state index is 0.0339. The van der Waals surface area contributed by atoms with E-state index in [4.69, 9.17) is 5.73 Å². The molecule has 0 atom stereocenters. The van der Waals surface area contributed by atoms with Gasteiger partial charge in [0, 0.05) is 5.56 Å². The van der Waals surface area contributed by atoms with Crippen LogP contribution in [0.5, 0.6) is 5.88 Å². The van der Waals surface area contributed by atoms with Gasteiger partial charge in [-0.3, -0.25) is 4.79 Å². The molecule has 4 nitrogen and oxygen atoms in total. The van der Waals surface area contributed by atoms with E-state index in [9.17, 15) is 13.6 Å². The summed E-state index contributed by atoms with van der Waals surface area (Å²) in [5.41, 5.74) is 4.55. The van der Waals surface area contributed by atoms with Crippen molar-refractivity contribution in [1.82, 2.24) is 4.98 Å². The number of pyridine rings is 1. The van der Waals surface area contributed by atoms with Gasteiger partial charge < -0.3 is 10.5 Å². The van der Waals surface area contributed by atoms with Crippen LogP contribution in [0, 0.1) is 0 Å². The second-order valence-electron chi connectivity index (χ2n) is 2.48. The molecule has 0 aromatic carbocycles. The molecular weight excluding hydrogens is 194 g/mol. The lowest BCUT2D eigenvalue weighted by Crippen LogP contribution is -2.03. The first-order valence-corrected chi connectivity index (χ1v) is 3.68. The fourth-order valence-electron chi connectivity index (χ4n) is 1.04. The maximum absolute atomic E-state index is 12.5. The highest BCUT2D eigenvalue weighted by atomic mass is 19.3. The van der Waals surface area contributed by atoms with Crippen LogP contribution in [0.25, 0.3) is 0 Å². The Kier molecular flexibility index (Phi) is 2.95. The van der Waals surface area contributed by atoms with Crippen LogP contribution in [0.2, 0.25) is 0 Å². The zero-order valence-electron chi connectivity index (χ0n) is 7.33. The van der Waals surface area contributed by atoms with Crippen LogP contribution in [-0.2, 0) is 0 Å². The van der Waals surface area contributed by atoms with Crippen molar-refractivity contribution >= 4 is 12.1 Å². The van der Waals surface area contributed by atoms with Gasteiger partial charge in [0.15, 0.2) is 6.29 Å². The molecule has 0 spiro atoms. The number of nitrogens with zero attached hydrogens (tertiary/aromatic N) is 1. The summed E-state index contributed by atoms with van der Waals surface area (Å²) in [6.07, 6.45) is -2.53. The summed E-state index contributed by atoms with van der Waals surface area (Å²) in [7, 11) is 1.18. The van der Waals surface area contributed by atoms with Gasteiger partial charge in [-0.1, -0.05) is 0 Å². The molecule has 76 valence electrons. The summed E-state index contributed by atoms with van der Waals surface area (Å²) < 4.78 is 29.5. The molecule has 0 fully saturated rings. The highest BCUT2D eigenvalue weighted by Crippen LogP contribution is 2.30. The number of carbonyl (C=O) groups excluding carboxylic acids is 1. The van der Waals surface area contributed by atoms with E-state index in [0.717, 1.165) is 6.07 Å². The summed E-state index contributed by atoms with van der Waals surface area (Å²) >= 11 is 0. The molecule has 0 aliphatic rings. The summed E-state index contributed by atoms with van der Waals surface area (Å²) in [5, 5.41) is 0. The molecule has 0 aliphatic carbocycles. The highest BCUT2D eigenvalue weighted by molar-refractivity contribution is 5.79. The molecule has 1 aromatic heterocycles. The number of carbonyl (C=O) groups is 1. The Morgan fingerprint density at radius 2 is 2.29 bits per heavy atom. The lowest BCUT2D eigenvalue weighted by atomic mass is 10.1. The third kappa shape index (κ3) is 1.78. The molecule has 0 bridgehead atoms. The van der Waals surface area contributed by atoms with Gasteiger partial charge in [0.05, 0.1) is 12.7 Å². The van der Waals surface area contributed by atoms with Crippen LogP contribution < -0.4 is 10.5 Å². The molecule has 0 saturated heterocycles. The van der Waals surface area contributed by atoms with Gasteiger partial charge in [-0.05, 0) is 6.07 Å². The smallest absolute Gasteiger partial charge is 0.269 e. The number of ether oxygens (including phenoxy) is 1. The largest absolute Gasteiger partial charge is 0.481 e. The van der Waals surface area contributed by atoms with Crippen LogP contribution >= 0.6 is 0 Å². The number of rotatable bonds is 3. The zero-order chi connectivity index (χ0) is 10.7. The number of hydrogen-bond donors (Lipinski definition) is 1. The Morgan fingerprint density at radius 3 is 2.71 bits per heavy atom. The number of halogens is 2. The van der Waals surface area contributed by atoms with Crippen molar-refractivity contribution in [3.05, 3.63) is 17.2 Å². The molecule has 1 aromatic rings. The average molecular weight is 202 g/mol. The summed E-state index contributed by atoms with van der Waals surface area (Å²) in [6, 6.07) is 1.08. The van der Waals surface area contributed by atoms with Crippen molar-refractivity contribution in [2.75, 3.05) is 12.8 Å². The number of aldehydes is 1. The van der Waals surface area contributed by atoms with E-state index >= 15 is 0 Å². The molecule has 0 unspecified atom stereocenters. The van der Waals surface area contributed by atoms with Crippen LogP contribution in [0.15, 0.2) is 6.07 Å². The molecule has 0 radical (unpaired) electrons. The Morgan fingerprint density at radius 1 is 1.64 bits per heavy atom. The Hall–Kier alpha value is -1.72. The molecule has 0 amide bonds. The third-order valence-corrected chi connectivity index (χ3v) is 1.61. The standard InChI is InChI=1S/C8H8F2N2O2/c1-14-8-6(7(9)10)4(3-13)2-5(11)12-8/h2-3,7H,1H3,(H2,11,12). The van der Waals surface area contributed by atoms with Gasteiger partial charge >= 0.3 is 0 Å². The van der Waals surface area contributed by atoms with E-state index in [-0.39, 0.29) is 17.3 Å². The summed E-state index contributed by atoms with van der Waals surface area (Å²) in [5.74, 6) is -0.351. The van der Waals surface area contributed by atoms with Crippen LogP contribution in [0.4, 0.5) is 14.6 Å². The molecule has 1 heterocycles. The van der Waals surface area contributed by atoms with E-state index in [1.165, 1.54) is 7.11 Å². The molecule has 0 saturated carbocycles. The Balaban J connectivity index is 3.40. The number of hydrogen-bond acceptors (Lipinski definition) is 4. The van der Waals surface area contributed by atoms with Crippen molar-refractivity contribution in [2.45, 2.75) is 6.43 Å². The lowest BCUT2D eigenvalue weighted by Gasteiger charge is -2.09. The molecular formula is C8H8F2N2O2. The van der Waals surface area contributed by atoms with Gasteiger partial charge in [0.1, 0.15) is 5.82 Å². The molecule has 2 N–H and O–H groups in total. The Bertz CT molecular complexity index is 355. The van der Waals surface area contributed by atoms with Crippen molar-refractivity contribution in [3.63, 3.8) is 0 Å². The van der Waals surface area contributed by atoms with Crippen LogP contribution in [-0.4, -0.2) is 18.4 Å². The number of nitrogens with two attached hydrogens (primary N) is 1. The maximum atomic E-state index is 12.5. The van der Waals surface area contributed by atoms with Crippen molar-refractivity contribution in [3.8, 4) is 5.88 Å². The number of methoxy groups -OCH3 is 1. The fraction of sp³-hybridized carbons (Fsp3) is 0.250. The van der Waals surface area contributed by atoms with Gasteiger partial charge in [0.2, 0.25) is 5.88 Å². The quantitative estimate of drug-likeness (QED) is 0.753. The SMILES string of the molecule is COc1nc(N)cc(C=O)c1C(F)F. The average Bonchev–Trinajstić information content (AvgIpc) is 2.15. The minimum Gasteiger partial charge on any atom is -0.481 e. The van der Waals surface area contributed by atoms with Gasteiger partial charge in [-0.15, -0.1) is 0 Å². The first-order valence-electron chi connectivity index (χ1n) is 3.68. The van der Waals surface area contributed by atoms with Crippen molar-refractivity contribution < 1.29 is 18.3 Å². The predicted molar refractivity (Wildman–Crippen MR) is 45.5 cm³/mol. The summed E-state index contributed by atoms with van der Waals surface area (Å²) in [4.78, 5) is 14.0. The van der Waals surface area contributed by atoms with E-state index in [1.54, 1.807) is 0 Å². The topological polar surface area (TPSA) is 65.2 Å². The molecule has 14 heavy (non-hydrogen) atoms. The molecule has 6 heteroatoms. The Labute approximate surface area is 78.7 Å². The first kappa shape index (κ1) is 10.4. The summed E-state index contributed by atoms with van der Waals surface area (Å²) in [6.45, 7) is 0.